The van der Waals surface area contributed by atoms with Gasteiger partial charge in [0.25, 0.3) is 0 Å². The maximum atomic E-state index is 5.63. The summed E-state index contributed by atoms with van der Waals surface area (Å²) < 4.78 is 0. The number of aromatic amines is 2. The highest BCUT2D eigenvalue weighted by Crippen LogP contribution is 2.25. The van der Waals surface area contributed by atoms with E-state index in [-0.39, 0.29) is 0 Å². The van der Waals surface area contributed by atoms with Crippen LogP contribution < -0.4 is 5.73 Å². The first kappa shape index (κ1) is 8.62. The van der Waals surface area contributed by atoms with Crippen LogP contribution in [-0.2, 0) is 0 Å². The first-order valence-corrected chi connectivity index (χ1v) is 4.32. The van der Waals surface area contributed by atoms with Gasteiger partial charge in [-0.15, -0.1) is 0 Å². The van der Waals surface area contributed by atoms with Crippen molar-refractivity contribution in [2.24, 2.45) is 5.73 Å². The molecule has 0 fully saturated rings. The molecular weight excluding hydrogens is 176 g/mol. The molecular formula is C10H12N4. The molecule has 0 saturated carbocycles. The van der Waals surface area contributed by atoms with E-state index in [0.29, 0.717) is 5.70 Å². The van der Waals surface area contributed by atoms with Crippen molar-refractivity contribution in [2.75, 3.05) is 0 Å². The van der Waals surface area contributed by atoms with Gasteiger partial charge in [0.2, 0.25) is 0 Å². The molecule has 4 N–H and O–H groups in total. The highest BCUT2D eigenvalue weighted by atomic mass is 15.1. The predicted octanol–water partition coefficient (Wildman–Crippen LogP) is 1.64. The molecule has 2 aromatic heterocycles. The maximum absolute atomic E-state index is 5.63. The Labute approximate surface area is 81.8 Å². The summed E-state index contributed by atoms with van der Waals surface area (Å²) in [6.07, 6.45) is 3.62. The van der Waals surface area contributed by atoms with Crippen LogP contribution >= 0.6 is 0 Å². The molecule has 0 aliphatic carbocycles. The fourth-order valence-corrected chi connectivity index (χ4v) is 1.51. The second kappa shape index (κ2) is 3.06. The Morgan fingerprint density at radius 1 is 1.57 bits per heavy atom. The molecule has 0 aliphatic rings. The van der Waals surface area contributed by atoms with Gasteiger partial charge in [-0.25, -0.2) is 0 Å². The molecule has 0 amide bonds. The highest BCUT2D eigenvalue weighted by Gasteiger charge is 2.09. The summed E-state index contributed by atoms with van der Waals surface area (Å²) in [5, 5.41) is 6.81. The Morgan fingerprint density at radius 2 is 2.36 bits per heavy atom. The highest BCUT2D eigenvalue weighted by molar-refractivity contribution is 5.71. The van der Waals surface area contributed by atoms with Crippen molar-refractivity contribution in [3.8, 4) is 11.3 Å². The topological polar surface area (TPSA) is 70.5 Å². The summed E-state index contributed by atoms with van der Waals surface area (Å²) in [5.74, 6) is 0. The number of hydrogen-bond acceptors (Lipinski definition) is 2. The number of nitrogens with one attached hydrogen (secondary N) is 2. The molecule has 0 atom stereocenters. The van der Waals surface area contributed by atoms with Crippen LogP contribution in [0, 0.1) is 6.92 Å². The summed E-state index contributed by atoms with van der Waals surface area (Å²) in [6, 6.07) is 1.92. The van der Waals surface area contributed by atoms with Gasteiger partial charge >= 0.3 is 0 Å². The van der Waals surface area contributed by atoms with Gasteiger partial charge in [0.1, 0.15) is 0 Å². The van der Waals surface area contributed by atoms with E-state index in [9.17, 15) is 0 Å². The van der Waals surface area contributed by atoms with Crippen molar-refractivity contribution in [1.82, 2.24) is 15.2 Å². The zero-order valence-corrected chi connectivity index (χ0v) is 7.96. The maximum Gasteiger partial charge on any atom is 0.0668 e. The van der Waals surface area contributed by atoms with E-state index in [2.05, 4.69) is 21.8 Å². The third-order valence-electron chi connectivity index (χ3n) is 2.25. The quantitative estimate of drug-likeness (QED) is 0.670. The fraction of sp³-hybridized carbons (Fsp3) is 0.100. The van der Waals surface area contributed by atoms with Crippen molar-refractivity contribution in [1.29, 1.82) is 0 Å². The Morgan fingerprint density at radius 3 is 2.86 bits per heavy atom. The summed E-state index contributed by atoms with van der Waals surface area (Å²) >= 11 is 0. The van der Waals surface area contributed by atoms with Crippen LogP contribution in [0.25, 0.3) is 17.0 Å². The van der Waals surface area contributed by atoms with Gasteiger partial charge < -0.3 is 10.7 Å². The van der Waals surface area contributed by atoms with Crippen molar-refractivity contribution in [3.05, 3.63) is 36.3 Å². The van der Waals surface area contributed by atoms with Crippen molar-refractivity contribution in [3.63, 3.8) is 0 Å². The average molecular weight is 188 g/mol. The van der Waals surface area contributed by atoms with E-state index in [0.717, 1.165) is 22.5 Å². The zero-order valence-electron chi connectivity index (χ0n) is 7.96. The van der Waals surface area contributed by atoms with E-state index in [1.54, 1.807) is 6.20 Å². The Kier molecular flexibility index (Phi) is 1.89. The lowest BCUT2D eigenvalue weighted by Gasteiger charge is -1.98. The van der Waals surface area contributed by atoms with Gasteiger partial charge in [0.15, 0.2) is 0 Å². The summed E-state index contributed by atoms with van der Waals surface area (Å²) in [4.78, 5) is 3.09. The molecule has 0 aliphatic heterocycles. The van der Waals surface area contributed by atoms with Crippen LogP contribution in [0.1, 0.15) is 11.3 Å². The molecule has 2 heterocycles. The first-order chi connectivity index (χ1) is 6.70. The SMILES string of the molecule is C=C(N)c1[nH]cc(-c2ccn[nH]2)c1C. The zero-order chi connectivity index (χ0) is 10.1. The van der Waals surface area contributed by atoms with Crippen molar-refractivity contribution >= 4 is 5.70 Å². The fourth-order valence-electron chi connectivity index (χ4n) is 1.51. The second-order valence-electron chi connectivity index (χ2n) is 3.20. The molecule has 14 heavy (non-hydrogen) atoms. The Bertz CT molecular complexity index is 450. The van der Waals surface area contributed by atoms with E-state index >= 15 is 0 Å². The molecule has 4 heteroatoms. The summed E-state index contributed by atoms with van der Waals surface area (Å²) in [7, 11) is 0. The van der Waals surface area contributed by atoms with Gasteiger partial charge in [0, 0.05) is 23.7 Å². The van der Waals surface area contributed by atoms with Crippen LogP contribution in [0.15, 0.2) is 25.0 Å². The van der Waals surface area contributed by atoms with E-state index in [1.807, 2.05) is 19.2 Å². The number of aromatic nitrogens is 3. The van der Waals surface area contributed by atoms with Crippen LogP contribution in [0.2, 0.25) is 0 Å². The summed E-state index contributed by atoms with van der Waals surface area (Å²) in [6.45, 7) is 5.70. The van der Waals surface area contributed by atoms with Crippen molar-refractivity contribution in [2.45, 2.75) is 6.92 Å². The van der Waals surface area contributed by atoms with E-state index in [1.165, 1.54) is 0 Å². The minimum atomic E-state index is 0.549. The third kappa shape index (κ3) is 1.21. The van der Waals surface area contributed by atoms with Gasteiger partial charge in [-0.2, -0.15) is 5.10 Å². The summed E-state index contributed by atoms with van der Waals surface area (Å²) in [5.41, 5.74) is 10.2. The molecule has 0 unspecified atom stereocenters. The van der Waals surface area contributed by atoms with Gasteiger partial charge in [-0.3, -0.25) is 5.10 Å². The number of nitrogens with zero attached hydrogens (tertiary/aromatic N) is 1. The monoisotopic (exact) mass is 188 g/mol. The van der Waals surface area contributed by atoms with Gasteiger partial charge in [-0.1, -0.05) is 6.58 Å². The normalized spacial score (nSPS) is 10.4. The molecule has 0 bridgehead atoms. The minimum Gasteiger partial charge on any atom is -0.398 e. The van der Waals surface area contributed by atoms with Gasteiger partial charge in [0.05, 0.1) is 11.4 Å². The Balaban J connectivity index is 2.52. The Hall–Kier alpha value is -1.97. The van der Waals surface area contributed by atoms with E-state index < -0.39 is 0 Å². The number of hydrogen-bond donors (Lipinski definition) is 3. The van der Waals surface area contributed by atoms with Crippen LogP contribution in [0.5, 0.6) is 0 Å². The second-order valence-corrected chi connectivity index (χ2v) is 3.20. The third-order valence-corrected chi connectivity index (χ3v) is 2.25. The first-order valence-electron chi connectivity index (χ1n) is 4.32. The molecule has 4 nitrogen and oxygen atoms in total. The van der Waals surface area contributed by atoms with Crippen LogP contribution in [0.3, 0.4) is 0 Å². The average Bonchev–Trinajstić information content (AvgIpc) is 2.71. The standard InChI is InChI=1S/C10H12N4/c1-6-8(9-3-4-13-14-9)5-12-10(6)7(2)11/h3-5,12H,2,11H2,1H3,(H,13,14). The lowest BCUT2D eigenvalue weighted by atomic mass is 10.1. The molecule has 0 spiro atoms. The number of nitrogens with two attached hydrogens (primary N) is 1. The number of rotatable bonds is 2. The lowest BCUT2D eigenvalue weighted by molar-refractivity contribution is 1.09. The molecule has 0 aromatic carbocycles. The van der Waals surface area contributed by atoms with Crippen LogP contribution in [-0.4, -0.2) is 15.2 Å². The van der Waals surface area contributed by atoms with Gasteiger partial charge in [-0.05, 0) is 18.6 Å². The largest absolute Gasteiger partial charge is 0.398 e. The smallest absolute Gasteiger partial charge is 0.0668 e. The number of H-pyrrole nitrogens is 2. The molecule has 2 aromatic rings. The minimum absolute atomic E-state index is 0.549. The van der Waals surface area contributed by atoms with Crippen molar-refractivity contribution < 1.29 is 0 Å². The lowest BCUT2D eigenvalue weighted by Crippen LogP contribution is -1.95. The molecule has 72 valence electrons. The van der Waals surface area contributed by atoms with E-state index in [4.69, 9.17) is 5.73 Å². The molecule has 0 radical (unpaired) electrons. The molecule has 0 saturated heterocycles. The van der Waals surface area contributed by atoms with Crippen LogP contribution in [0.4, 0.5) is 0 Å². The molecule has 2 rings (SSSR count). The predicted molar refractivity (Wildman–Crippen MR) is 56.3 cm³/mol.